The molecule has 5 heteroatoms. The van der Waals surface area contributed by atoms with E-state index in [-0.39, 0.29) is 0 Å². The molecule has 0 aliphatic carbocycles. The number of fused-ring (bicyclic) bond motifs is 6. The van der Waals surface area contributed by atoms with E-state index in [1.54, 1.807) is 0 Å². The molecule has 0 fully saturated rings. The Kier molecular flexibility index (Phi) is 6.80. The molecule has 0 saturated heterocycles. The fourth-order valence-corrected chi connectivity index (χ4v) is 7.27. The molecule has 0 amide bonds. The van der Waals surface area contributed by atoms with Gasteiger partial charge in [0, 0.05) is 32.7 Å². The normalized spacial score (nSPS) is 11.4. The second-order valence-corrected chi connectivity index (χ2v) is 12.9. The van der Waals surface area contributed by atoms with Gasteiger partial charge in [-0.15, -0.1) is 0 Å². The van der Waals surface area contributed by atoms with Crippen molar-refractivity contribution >= 4 is 49.4 Å². The van der Waals surface area contributed by atoms with Gasteiger partial charge in [-0.25, -0.2) is 14.8 Å². The third-order valence-electron chi connectivity index (χ3n) is 9.88. The van der Waals surface area contributed by atoms with Gasteiger partial charge >= 0.3 is 0 Å². The highest BCUT2D eigenvalue weighted by Crippen LogP contribution is 2.38. The van der Waals surface area contributed by atoms with Crippen molar-refractivity contribution in [3.05, 3.63) is 181 Å². The van der Waals surface area contributed by atoms with Crippen molar-refractivity contribution in [1.82, 2.24) is 14.5 Å². The van der Waals surface area contributed by atoms with Crippen LogP contribution in [-0.4, -0.2) is 14.5 Å². The first-order valence-electron chi connectivity index (χ1n) is 17.2. The van der Waals surface area contributed by atoms with Crippen molar-refractivity contribution < 1.29 is 4.42 Å². The van der Waals surface area contributed by atoms with Crippen LogP contribution >= 0.6 is 0 Å². The summed E-state index contributed by atoms with van der Waals surface area (Å²) >= 11 is 0. The molecule has 10 aromatic rings. The Balaban J connectivity index is 1.13. The number of hydrogen-bond donors (Lipinski definition) is 0. The van der Waals surface area contributed by atoms with Crippen molar-refractivity contribution in [2.75, 3.05) is 0 Å². The van der Waals surface area contributed by atoms with Crippen molar-refractivity contribution in [3.63, 3.8) is 0 Å². The van der Waals surface area contributed by atoms with Gasteiger partial charge in [-0.2, -0.15) is 0 Å². The Bertz CT molecular complexity index is 3000. The Labute approximate surface area is 299 Å². The summed E-state index contributed by atoms with van der Waals surface area (Å²) < 4.78 is 8.30. The molecule has 3 aromatic heterocycles. The average molecular weight is 665 g/mol. The van der Waals surface area contributed by atoms with Crippen LogP contribution in [-0.2, 0) is 0 Å². The molecule has 0 saturated carbocycles. The van der Waals surface area contributed by atoms with Crippen LogP contribution in [0.15, 0.2) is 174 Å². The summed E-state index contributed by atoms with van der Waals surface area (Å²) in [4.78, 5) is 14.0. The predicted molar refractivity (Wildman–Crippen MR) is 212 cm³/mol. The number of nitrogens with zero attached hydrogens (tertiary/aromatic N) is 4. The molecule has 3 heterocycles. The van der Waals surface area contributed by atoms with Crippen LogP contribution in [0.1, 0.15) is 0 Å². The molecule has 0 aliphatic rings. The third-order valence-corrected chi connectivity index (χ3v) is 9.88. The topological polar surface area (TPSA) is 48.2 Å². The van der Waals surface area contributed by atoms with E-state index in [4.69, 9.17) is 21.0 Å². The standard InChI is InChI=1S/C47H28N4O/c1-48-36-23-19-31(20-24-36)30-15-17-33(18-16-30)42-29-41(32-9-3-2-4-10-32)49-47(50-42)51-43-13-7-5-11-37(43)39-27-34(21-25-44(39)51)35-22-26-46-40(28-35)38-12-6-8-14-45(38)52-46/h2-29H. The largest absolute Gasteiger partial charge is 0.456 e. The second kappa shape index (κ2) is 11.9. The van der Waals surface area contributed by atoms with E-state index in [0.717, 1.165) is 88.5 Å². The predicted octanol–water partition coefficient (Wildman–Crippen LogP) is 12.7. The van der Waals surface area contributed by atoms with Gasteiger partial charge in [0.05, 0.1) is 29.0 Å². The Hall–Kier alpha value is -7.29. The van der Waals surface area contributed by atoms with E-state index in [2.05, 4.69) is 125 Å². The summed E-state index contributed by atoms with van der Waals surface area (Å²) in [5, 5.41) is 4.50. The first kappa shape index (κ1) is 29.6. The van der Waals surface area contributed by atoms with Crippen molar-refractivity contribution in [3.8, 4) is 50.7 Å². The Morgan fingerprint density at radius 3 is 1.71 bits per heavy atom. The highest BCUT2D eigenvalue weighted by Gasteiger charge is 2.18. The maximum Gasteiger partial charge on any atom is 0.235 e. The minimum atomic E-state index is 0.611. The highest BCUT2D eigenvalue weighted by atomic mass is 16.3. The number of benzene rings is 7. The van der Waals surface area contributed by atoms with Crippen LogP contribution in [0.3, 0.4) is 0 Å². The van der Waals surface area contributed by atoms with E-state index in [9.17, 15) is 0 Å². The van der Waals surface area contributed by atoms with Crippen LogP contribution in [0.5, 0.6) is 0 Å². The summed E-state index contributed by atoms with van der Waals surface area (Å²) in [5.41, 5.74) is 12.6. The van der Waals surface area contributed by atoms with E-state index in [0.29, 0.717) is 11.6 Å². The van der Waals surface area contributed by atoms with Crippen molar-refractivity contribution in [2.24, 2.45) is 0 Å². The smallest absolute Gasteiger partial charge is 0.235 e. The lowest BCUT2D eigenvalue weighted by molar-refractivity contribution is 0.669. The average Bonchev–Trinajstić information content (AvgIpc) is 3.76. The minimum Gasteiger partial charge on any atom is -0.456 e. The summed E-state index contributed by atoms with van der Waals surface area (Å²) in [6, 6.07) is 58.2. The number of aromatic nitrogens is 3. The zero-order valence-corrected chi connectivity index (χ0v) is 27.9. The molecular weight excluding hydrogens is 637 g/mol. The Morgan fingerprint density at radius 1 is 0.423 bits per heavy atom. The molecule has 52 heavy (non-hydrogen) atoms. The van der Waals surface area contributed by atoms with Gasteiger partial charge in [0.1, 0.15) is 11.2 Å². The second-order valence-electron chi connectivity index (χ2n) is 12.9. The van der Waals surface area contributed by atoms with Crippen LogP contribution < -0.4 is 0 Å². The van der Waals surface area contributed by atoms with Crippen LogP contribution in [0, 0.1) is 6.57 Å². The minimum absolute atomic E-state index is 0.611. The van der Waals surface area contributed by atoms with E-state index >= 15 is 0 Å². The lowest BCUT2D eigenvalue weighted by Crippen LogP contribution is -2.04. The van der Waals surface area contributed by atoms with Crippen LogP contribution in [0.2, 0.25) is 0 Å². The van der Waals surface area contributed by atoms with Gasteiger partial charge in [0.15, 0.2) is 5.69 Å². The zero-order valence-electron chi connectivity index (χ0n) is 27.9. The lowest BCUT2D eigenvalue weighted by Gasteiger charge is -2.12. The summed E-state index contributed by atoms with van der Waals surface area (Å²) in [6.45, 7) is 7.27. The SMILES string of the molecule is [C-]#[N+]c1ccc(-c2ccc(-c3cc(-c4ccccc4)nc(-n4c5ccccc5c5cc(-c6ccc7oc8ccccc8c7c6)ccc54)n3)cc2)cc1. The van der Waals surface area contributed by atoms with Gasteiger partial charge in [0.2, 0.25) is 5.95 Å². The van der Waals surface area contributed by atoms with Gasteiger partial charge in [-0.05, 0) is 64.7 Å². The van der Waals surface area contributed by atoms with Crippen LogP contribution in [0.25, 0.3) is 99.3 Å². The lowest BCUT2D eigenvalue weighted by atomic mass is 10.0. The number of hydrogen-bond acceptors (Lipinski definition) is 3. The number of rotatable bonds is 5. The van der Waals surface area contributed by atoms with E-state index < -0.39 is 0 Å². The van der Waals surface area contributed by atoms with Gasteiger partial charge in [0.25, 0.3) is 0 Å². The van der Waals surface area contributed by atoms with E-state index in [1.807, 2.05) is 54.6 Å². The summed E-state index contributed by atoms with van der Waals surface area (Å²) in [5.74, 6) is 0.611. The molecule has 0 atom stereocenters. The molecule has 5 nitrogen and oxygen atoms in total. The molecule has 7 aromatic carbocycles. The third kappa shape index (κ3) is 4.93. The summed E-state index contributed by atoms with van der Waals surface area (Å²) in [7, 11) is 0. The number of furan rings is 1. The van der Waals surface area contributed by atoms with Gasteiger partial charge in [-0.1, -0.05) is 127 Å². The van der Waals surface area contributed by atoms with Gasteiger partial charge < -0.3 is 4.42 Å². The molecule has 242 valence electrons. The fourth-order valence-electron chi connectivity index (χ4n) is 7.27. The molecular formula is C47H28N4O. The summed E-state index contributed by atoms with van der Waals surface area (Å²) in [6.07, 6.45) is 0. The van der Waals surface area contributed by atoms with E-state index in [1.165, 1.54) is 0 Å². The fraction of sp³-hybridized carbons (Fsp3) is 0. The maximum absolute atomic E-state index is 7.27. The molecule has 0 N–H and O–H groups in total. The van der Waals surface area contributed by atoms with Crippen molar-refractivity contribution in [1.29, 1.82) is 0 Å². The maximum atomic E-state index is 7.27. The van der Waals surface area contributed by atoms with Gasteiger partial charge in [-0.3, -0.25) is 4.57 Å². The number of para-hydroxylation sites is 2. The molecule has 0 radical (unpaired) electrons. The first-order valence-corrected chi connectivity index (χ1v) is 17.2. The molecule has 10 rings (SSSR count). The molecule has 0 unspecified atom stereocenters. The Morgan fingerprint density at radius 2 is 0.962 bits per heavy atom. The monoisotopic (exact) mass is 664 g/mol. The van der Waals surface area contributed by atoms with Crippen LogP contribution in [0.4, 0.5) is 5.69 Å². The van der Waals surface area contributed by atoms with Crippen molar-refractivity contribution in [2.45, 2.75) is 0 Å². The molecule has 0 spiro atoms. The first-order chi connectivity index (χ1) is 25.7. The highest BCUT2D eigenvalue weighted by molar-refractivity contribution is 6.11. The zero-order chi connectivity index (χ0) is 34.6. The molecule has 0 aliphatic heterocycles. The molecule has 0 bridgehead atoms. The quantitative estimate of drug-likeness (QED) is 0.172.